The van der Waals surface area contributed by atoms with E-state index in [0.29, 0.717) is 5.16 Å². The number of H-pyrrole nitrogens is 1. The highest BCUT2D eigenvalue weighted by Gasteiger charge is 2.06. The molecule has 0 bridgehead atoms. The average Bonchev–Trinajstić information content (AvgIpc) is 2.36. The molecule has 1 rings (SSSR count). The third kappa shape index (κ3) is 1.56. The quantitative estimate of drug-likeness (QED) is 0.631. The van der Waals surface area contributed by atoms with Gasteiger partial charge in [-0.15, -0.1) is 14.6 Å². The predicted molar refractivity (Wildman–Crippen MR) is 44.4 cm³/mol. The molecule has 0 spiro atoms. The summed E-state index contributed by atoms with van der Waals surface area (Å²) in [7, 11) is -1.19. The van der Waals surface area contributed by atoms with Gasteiger partial charge in [-0.1, -0.05) is 0 Å². The molecule has 0 saturated carbocycles. The number of aromatic amines is 1. The van der Waals surface area contributed by atoms with Crippen molar-refractivity contribution in [3.63, 3.8) is 0 Å². The van der Waals surface area contributed by atoms with Gasteiger partial charge in [0.25, 0.3) is 0 Å². The Morgan fingerprint density at radius 2 is 2.27 bits per heavy atom. The zero-order valence-corrected chi connectivity index (χ0v) is 7.49. The minimum Gasteiger partial charge on any atom is -0.295 e. The van der Waals surface area contributed by atoms with Crippen molar-refractivity contribution in [2.45, 2.75) is 12.1 Å². The number of hydrogen-bond acceptors (Lipinski definition) is 3. The lowest BCUT2D eigenvalue weighted by atomic mass is 11.0. The van der Waals surface area contributed by atoms with Crippen molar-refractivity contribution in [2.24, 2.45) is 0 Å². The lowest BCUT2D eigenvalue weighted by molar-refractivity contribution is 0.375. The van der Waals surface area contributed by atoms with E-state index in [1.54, 1.807) is 0 Å². The summed E-state index contributed by atoms with van der Waals surface area (Å²) in [6.07, 6.45) is 3.95. The number of hydrogen-bond donors (Lipinski definition) is 1. The monoisotopic (exact) mass is 174 g/mol. The molecule has 0 radical (unpaired) electrons. The van der Waals surface area contributed by atoms with Crippen LogP contribution in [0.25, 0.3) is 0 Å². The van der Waals surface area contributed by atoms with E-state index in [1.165, 1.54) is 0 Å². The van der Waals surface area contributed by atoms with Crippen molar-refractivity contribution in [3.8, 4) is 5.18 Å². The molecule has 0 aliphatic carbocycles. The van der Waals surface area contributed by atoms with Crippen molar-refractivity contribution >= 4 is 9.44 Å². The molecule has 0 atom stereocenters. The third-order valence-corrected chi connectivity index (χ3v) is 3.58. The van der Waals surface area contributed by atoms with Crippen LogP contribution in [-0.4, -0.2) is 22.7 Å². The summed E-state index contributed by atoms with van der Waals surface area (Å²) in [5.74, 6) is -0.504. The van der Waals surface area contributed by atoms with Gasteiger partial charge in [0.1, 0.15) is 0 Å². The Kier molecular flexibility index (Phi) is 1.93. The van der Waals surface area contributed by atoms with Crippen molar-refractivity contribution < 1.29 is 4.52 Å². The molecule has 5 heteroatoms. The zero-order valence-electron chi connectivity index (χ0n) is 6.67. The van der Waals surface area contributed by atoms with Crippen molar-refractivity contribution in [1.29, 1.82) is 0 Å². The van der Waals surface area contributed by atoms with E-state index in [0.717, 1.165) is 0 Å². The average molecular weight is 174 g/mol. The maximum atomic E-state index is 10.6. The van der Waals surface area contributed by atoms with Gasteiger partial charge in [-0.2, -0.15) is 0 Å². The maximum absolute atomic E-state index is 10.6. The number of rotatable bonds is 0. The fraction of sp³-hybridized carbons (Fsp3) is 0.500. The first kappa shape index (κ1) is 8.17. The first-order valence-electron chi connectivity index (χ1n) is 3.04. The summed E-state index contributed by atoms with van der Waals surface area (Å²) in [5, 5.41) is 7.24. The van der Waals surface area contributed by atoms with Crippen molar-refractivity contribution in [3.05, 3.63) is 10.6 Å². The number of nitrogens with zero attached hydrogens (tertiary/aromatic N) is 1. The predicted octanol–water partition coefficient (Wildman–Crippen LogP) is 0.765. The Balaban J connectivity index is 3.31. The van der Waals surface area contributed by atoms with E-state index in [-0.39, 0.29) is 0 Å². The molecule has 0 aliphatic rings. The number of nitrogens with one attached hydrogen (secondary N) is 1. The van der Waals surface area contributed by atoms with Gasteiger partial charge in [0.05, 0.1) is 0 Å². The molecule has 0 unspecified atom stereocenters. The van der Waals surface area contributed by atoms with Gasteiger partial charge in [-0.3, -0.25) is 9.51 Å². The van der Waals surface area contributed by atoms with Gasteiger partial charge in [-0.05, 0) is 24.6 Å². The summed E-state index contributed by atoms with van der Waals surface area (Å²) in [5.41, 5.74) is 0. The SMILES string of the molecule is CC#S(C)(C)c1noc(=O)[nH]1. The zero-order chi connectivity index (χ0) is 8.48. The van der Waals surface area contributed by atoms with E-state index in [4.69, 9.17) is 0 Å². The Morgan fingerprint density at radius 1 is 1.64 bits per heavy atom. The molecule has 0 saturated heterocycles. The first-order valence-corrected chi connectivity index (χ1v) is 5.49. The van der Waals surface area contributed by atoms with E-state index in [2.05, 4.69) is 19.8 Å². The fourth-order valence-electron chi connectivity index (χ4n) is 0.533. The highest BCUT2D eigenvalue weighted by atomic mass is 32.2. The second-order valence-electron chi connectivity index (χ2n) is 2.43. The summed E-state index contributed by atoms with van der Waals surface area (Å²) in [6, 6.07) is 0. The van der Waals surface area contributed by atoms with Crippen LogP contribution in [0.1, 0.15) is 6.92 Å². The normalized spacial score (nSPS) is 11.2. The van der Waals surface area contributed by atoms with Crippen molar-refractivity contribution in [2.75, 3.05) is 12.5 Å². The summed E-state index contributed by atoms with van der Waals surface area (Å²) >= 11 is 0. The van der Waals surface area contributed by atoms with Gasteiger partial charge >= 0.3 is 5.76 Å². The Labute approximate surface area is 65.1 Å². The second kappa shape index (κ2) is 2.60. The van der Waals surface area contributed by atoms with Crippen LogP contribution in [0.2, 0.25) is 0 Å². The molecule has 11 heavy (non-hydrogen) atoms. The van der Waals surface area contributed by atoms with Crippen LogP contribution in [0.3, 0.4) is 0 Å². The van der Waals surface area contributed by atoms with Gasteiger partial charge in [0, 0.05) is 0 Å². The molecule has 0 amide bonds. The number of aromatic nitrogens is 2. The molecular weight excluding hydrogens is 164 g/mol. The first-order chi connectivity index (χ1) is 5.06. The highest BCUT2D eigenvalue weighted by Crippen LogP contribution is 2.30. The van der Waals surface area contributed by atoms with Crippen LogP contribution < -0.4 is 5.76 Å². The topological polar surface area (TPSA) is 58.9 Å². The van der Waals surface area contributed by atoms with Gasteiger partial charge in [0.2, 0.25) is 5.16 Å². The smallest absolute Gasteiger partial charge is 0.295 e. The Morgan fingerprint density at radius 3 is 2.64 bits per heavy atom. The van der Waals surface area contributed by atoms with E-state index in [1.807, 2.05) is 19.4 Å². The lowest BCUT2D eigenvalue weighted by Crippen LogP contribution is -1.96. The highest BCUT2D eigenvalue weighted by molar-refractivity contribution is 8.22. The van der Waals surface area contributed by atoms with Crippen LogP contribution in [0.15, 0.2) is 14.5 Å². The largest absolute Gasteiger partial charge is 0.439 e. The molecule has 62 valence electrons. The van der Waals surface area contributed by atoms with E-state index < -0.39 is 15.2 Å². The molecule has 1 N–H and O–H groups in total. The summed E-state index contributed by atoms with van der Waals surface area (Å²) in [4.78, 5) is 13.1. The summed E-state index contributed by atoms with van der Waals surface area (Å²) < 4.78 is 4.37. The standard InChI is InChI=1S/C6H10N2O2S/c1-4-11(2,3)5-7-6(9)10-8-5/h1-3H3,(H,7,8,9). The molecule has 1 aromatic heterocycles. The fourth-order valence-corrected chi connectivity index (χ4v) is 1.29. The molecule has 0 fully saturated rings. The van der Waals surface area contributed by atoms with E-state index in [9.17, 15) is 4.79 Å². The van der Waals surface area contributed by atoms with E-state index >= 15 is 0 Å². The minimum atomic E-state index is -1.19. The van der Waals surface area contributed by atoms with Crippen LogP contribution in [-0.2, 0) is 0 Å². The lowest BCUT2D eigenvalue weighted by Gasteiger charge is -2.05. The Hall–Kier alpha value is -0.930. The minimum absolute atomic E-state index is 0.504. The molecule has 1 aromatic rings. The molecular formula is C6H10N2O2S. The van der Waals surface area contributed by atoms with Gasteiger partial charge in [0.15, 0.2) is 0 Å². The van der Waals surface area contributed by atoms with Crippen LogP contribution in [0, 0.1) is 5.18 Å². The molecule has 0 aliphatic heterocycles. The molecule has 0 aromatic carbocycles. The molecule has 1 heterocycles. The summed E-state index contributed by atoms with van der Waals surface area (Å²) in [6.45, 7) is 1.82. The Bertz CT molecular complexity index is 406. The second-order valence-corrected chi connectivity index (χ2v) is 5.88. The third-order valence-electron chi connectivity index (χ3n) is 1.41. The van der Waals surface area contributed by atoms with Gasteiger partial charge < -0.3 is 0 Å². The van der Waals surface area contributed by atoms with Crippen LogP contribution >= 0.6 is 9.44 Å². The maximum Gasteiger partial charge on any atom is 0.439 e. The van der Waals surface area contributed by atoms with Crippen LogP contribution in [0.5, 0.6) is 0 Å². The van der Waals surface area contributed by atoms with Crippen molar-refractivity contribution in [1.82, 2.24) is 10.1 Å². The molecule has 4 nitrogen and oxygen atoms in total. The van der Waals surface area contributed by atoms with Gasteiger partial charge in [-0.25, -0.2) is 4.79 Å². The van der Waals surface area contributed by atoms with Crippen LogP contribution in [0.4, 0.5) is 0 Å².